The zero-order chi connectivity index (χ0) is 12.8. The highest BCUT2D eigenvalue weighted by Gasteiger charge is 1.99. The monoisotopic (exact) mass is 234 g/mol. The van der Waals surface area contributed by atoms with E-state index in [0.717, 1.165) is 32.1 Å². The molecule has 0 aromatic rings. The van der Waals surface area contributed by atoms with Crippen LogP contribution in [-0.2, 0) is 4.79 Å². The fourth-order valence-corrected chi connectivity index (χ4v) is 1.09. The van der Waals surface area contributed by atoms with Gasteiger partial charge in [0, 0.05) is 19.1 Å². The topological polar surface area (TPSA) is 110 Å². The van der Waals surface area contributed by atoms with E-state index in [-0.39, 0.29) is 12.6 Å². The molecule has 5 nitrogen and oxygen atoms in total. The molecule has 0 saturated carbocycles. The van der Waals surface area contributed by atoms with Gasteiger partial charge in [-0.3, -0.25) is 4.79 Å². The van der Waals surface area contributed by atoms with Crippen LogP contribution >= 0.6 is 0 Å². The van der Waals surface area contributed by atoms with Crippen molar-refractivity contribution in [3.8, 4) is 0 Å². The number of aliphatic carboxylic acids is 1. The van der Waals surface area contributed by atoms with E-state index in [2.05, 4.69) is 0 Å². The Labute approximate surface area is 97.8 Å². The average molecular weight is 234 g/mol. The lowest BCUT2D eigenvalue weighted by molar-refractivity contribution is -0.137. The van der Waals surface area contributed by atoms with Gasteiger partial charge in [-0.25, -0.2) is 0 Å². The number of nitrogens with two attached hydrogens (primary N) is 2. The summed E-state index contributed by atoms with van der Waals surface area (Å²) in [5, 5.41) is 16.4. The molecule has 0 rings (SSSR count). The van der Waals surface area contributed by atoms with Gasteiger partial charge >= 0.3 is 5.97 Å². The number of hydrogen-bond donors (Lipinski definition) is 4. The van der Waals surface area contributed by atoms with Gasteiger partial charge in [0.25, 0.3) is 0 Å². The second-order valence-corrected chi connectivity index (χ2v) is 3.70. The van der Waals surface area contributed by atoms with Gasteiger partial charge in [0.05, 0.1) is 0 Å². The van der Waals surface area contributed by atoms with E-state index in [1.807, 2.05) is 6.92 Å². The van der Waals surface area contributed by atoms with Gasteiger partial charge in [-0.15, -0.1) is 0 Å². The summed E-state index contributed by atoms with van der Waals surface area (Å²) in [4.78, 5) is 9.60. The first-order valence-corrected chi connectivity index (χ1v) is 5.86. The Morgan fingerprint density at radius 3 is 2.19 bits per heavy atom. The largest absolute Gasteiger partial charge is 0.481 e. The van der Waals surface area contributed by atoms with E-state index in [1.165, 1.54) is 0 Å². The van der Waals surface area contributed by atoms with Gasteiger partial charge in [-0.2, -0.15) is 0 Å². The average Bonchev–Trinajstić information content (AvgIpc) is 2.24. The molecule has 0 aromatic heterocycles. The molecule has 0 aliphatic carbocycles. The van der Waals surface area contributed by atoms with Crippen LogP contribution in [0.5, 0.6) is 0 Å². The maximum absolute atomic E-state index is 9.60. The van der Waals surface area contributed by atoms with Crippen molar-refractivity contribution in [2.75, 3.05) is 13.2 Å². The van der Waals surface area contributed by atoms with Gasteiger partial charge in [0.1, 0.15) is 0 Å². The molecule has 0 fully saturated rings. The summed E-state index contributed by atoms with van der Waals surface area (Å²) in [7, 11) is 0. The van der Waals surface area contributed by atoms with Crippen LogP contribution < -0.4 is 11.5 Å². The van der Waals surface area contributed by atoms with Gasteiger partial charge in [-0.05, 0) is 38.6 Å². The zero-order valence-corrected chi connectivity index (χ0v) is 10.2. The molecular formula is C11H26N2O3. The van der Waals surface area contributed by atoms with Gasteiger partial charge < -0.3 is 21.7 Å². The summed E-state index contributed by atoms with van der Waals surface area (Å²) in [5.41, 5.74) is 11.0. The molecule has 0 radical (unpaired) electrons. The molecule has 6 N–H and O–H groups in total. The molecule has 16 heavy (non-hydrogen) atoms. The molecule has 0 saturated heterocycles. The first-order chi connectivity index (χ1) is 7.58. The Bertz CT molecular complexity index is 146. The van der Waals surface area contributed by atoms with E-state index >= 15 is 0 Å². The number of carboxylic acid groups (broad SMARTS) is 1. The maximum Gasteiger partial charge on any atom is 0.303 e. The molecule has 0 aliphatic heterocycles. The van der Waals surface area contributed by atoms with Crippen molar-refractivity contribution in [3.05, 3.63) is 0 Å². The van der Waals surface area contributed by atoms with Gasteiger partial charge in [0.15, 0.2) is 0 Å². The summed E-state index contributed by atoms with van der Waals surface area (Å²) in [5.74, 6) is -0.711. The minimum Gasteiger partial charge on any atom is -0.481 e. The van der Waals surface area contributed by atoms with E-state index in [0.29, 0.717) is 13.0 Å². The van der Waals surface area contributed by atoms with Crippen molar-refractivity contribution in [3.63, 3.8) is 0 Å². The minimum absolute atomic E-state index is 0.232. The first-order valence-electron chi connectivity index (χ1n) is 5.86. The van der Waals surface area contributed by atoms with Crippen molar-refractivity contribution >= 4 is 5.97 Å². The Kier molecular flexibility index (Phi) is 15.9. The summed E-state index contributed by atoms with van der Waals surface area (Å²) in [6.45, 7) is 2.80. The molecule has 0 heterocycles. The van der Waals surface area contributed by atoms with E-state index in [9.17, 15) is 4.79 Å². The molecule has 0 amide bonds. The third kappa shape index (κ3) is 19.0. The van der Waals surface area contributed by atoms with Crippen LogP contribution in [-0.4, -0.2) is 35.4 Å². The number of carboxylic acids is 1. The van der Waals surface area contributed by atoms with Crippen LogP contribution in [0.2, 0.25) is 0 Å². The number of aliphatic hydroxyl groups excluding tert-OH is 1. The Hall–Kier alpha value is -0.650. The van der Waals surface area contributed by atoms with Gasteiger partial charge in [0.2, 0.25) is 0 Å². The normalized spacial score (nSPS) is 11.5. The third-order valence-corrected chi connectivity index (χ3v) is 1.98. The van der Waals surface area contributed by atoms with E-state index in [1.54, 1.807) is 0 Å². The highest BCUT2D eigenvalue weighted by molar-refractivity contribution is 5.66. The van der Waals surface area contributed by atoms with Gasteiger partial charge in [-0.1, -0.05) is 6.92 Å². The molecule has 5 heteroatoms. The molecule has 1 atom stereocenters. The summed E-state index contributed by atoms with van der Waals surface area (Å²) in [6.07, 6.45) is 4.72. The van der Waals surface area contributed by atoms with Crippen LogP contribution in [0, 0.1) is 0 Å². The zero-order valence-electron chi connectivity index (χ0n) is 10.2. The third-order valence-electron chi connectivity index (χ3n) is 1.98. The second-order valence-electron chi connectivity index (χ2n) is 3.70. The molecule has 0 aromatic carbocycles. The predicted octanol–water partition coefficient (Wildman–Crippen LogP) is 0.696. The quantitative estimate of drug-likeness (QED) is 0.494. The molecule has 0 bridgehead atoms. The van der Waals surface area contributed by atoms with Crippen LogP contribution in [0.1, 0.15) is 45.4 Å². The summed E-state index contributed by atoms with van der Waals surface area (Å²) >= 11 is 0. The molecule has 0 spiro atoms. The predicted molar refractivity (Wildman–Crippen MR) is 65.1 cm³/mol. The Morgan fingerprint density at radius 1 is 1.31 bits per heavy atom. The van der Waals surface area contributed by atoms with E-state index in [4.69, 9.17) is 21.7 Å². The smallest absolute Gasteiger partial charge is 0.303 e. The van der Waals surface area contributed by atoms with E-state index < -0.39 is 5.97 Å². The fourth-order valence-electron chi connectivity index (χ4n) is 1.09. The standard InChI is InChI=1S/C7H18N2O.C4H8O2/c8-5-1-3-7(9)4-2-6-10;1-2-3-4(5)6/h7,10H,1-6,8-9H2;2-3H2,1H3,(H,5,6). The van der Waals surface area contributed by atoms with Crippen LogP contribution in [0.4, 0.5) is 0 Å². The lowest BCUT2D eigenvalue weighted by atomic mass is 10.1. The number of rotatable bonds is 8. The summed E-state index contributed by atoms with van der Waals surface area (Å²) in [6, 6.07) is 0.232. The first kappa shape index (κ1) is 17.7. The minimum atomic E-state index is -0.711. The van der Waals surface area contributed by atoms with Crippen LogP contribution in [0.3, 0.4) is 0 Å². The van der Waals surface area contributed by atoms with Crippen molar-refractivity contribution < 1.29 is 15.0 Å². The van der Waals surface area contributed by atoms with Crippen LogP contribution in [0.25, 0.3) is 0 Å². The SMILES string of the molecule is CCCC(=O)O.NCCCC(N)CCCO. The Morgan fingerprint density at radius 2 is 1.88 bits per heavy atom. The van der Waals surface area contributed by atoms with Crippen molar-refractivity contribution in [2.45, 2.75) is 51.5 Å². The fraction of sp³-hybridized carbons (Fsp3) is 0.909. The molecule has 0 aliphatic rings. The van der Waals surface area contributed by atoms with Crippen molar-refractivity contribution in [1.82, 2.24) is 0 Å². The maximum atomic E-state index is 9.60. The van der Waals surface area contributed by atoms with Crippen LogP contribution in [0.15, 0.2) is 0 Å². The number of hydrogen-bond acceptors (Lipinski definition) is 4. The lowest BCUT2D eigenvalue weighted by Crippen LogP contribution is -2.21. The summed E-state index contributed by atoms with van der Waals surface area (Å²) < 4.78 is 0. The number of aliphatic hydroxyl groups is 1. The Balaban J connectivity index is 0. The van der Waals surface area contributed by atoms with Crippen molar-refractivity contribution in [1.29, 1.82) is 0 Å². The number of carbonyl (C=O) groups is 1. The highest BCUT2D eigenvalue weighted by atomic mass is 16.4. The molecule has 98 valence electrons. The second kappa shape index (κ2) is 14.3. The van der Waals surface area contributed by atoms with Crippen molar-refractivity contribution in [2.24, 2.45) is 11.5 Å². The lowest BCUT2D eigenvalue weighted by Gasteiger charge is -2.08. The molecule has 1 unspecified atom stereocenters. The molecular weight excluding hydrogens is 208 g/mol. The highest BCUT2D eigenvalue weighted by Crippen LogP contribution is 2.00.